The number of thioether (sulfide) groups is 1. The Morgan fingerprint density at radius 2 is 2.18 bits per heavy atom. The molecule has 0 atom stereocenters. The Hall–Kier alpha value is 0.617. The number of rotatable bonds is 5. The van der Waals surface area contributed by atoms with Gasteiger partial charge in [-0.3, -0.25) is 4.79 Å². The molecular formula is C5H10Cl2O2SSi. The summed E-state index contributed by atoms with van der Waals surface area (Å²) >= 11 is 12.9. The highest BCUT2D eigenvalue weighted by atomic mass is 35.7. The summed E-state index contributed by atoms with van der Waals surface area (Å²) in [5.41, 5.74) is 0. The van der Waals surface area contributed by atoms with Crippen molar-refractivity contribution < 1.29 is 9.90 Å². The molecule has 2 nitrogen and oxygen atoms in total. The summed E-state index contributed by atoms with van der Waals surface area (Å²) in [4.78, 5) is 10.0. The lowest BCUT2D eigenvalue weighted by atomic mass is 10.8. The van der Waals surface area contributed by atoms with Crippen molar-refractivity contribution in [1.82, 2.24) is 0 Å². The second kappa shape index (κ2) is 5.30. The van der Waals surface area contributed by atoms with Gasteiger partial charge in [-0.1, -0.05) is 0 Å². The lowest BCUT2D eigenvalue weighted by molar-refractivity contribution is -0.133. The van der Waals surface area contributed by atoms with Crippen molar-refractivity contribution >= 4 is 46.6 Å². The molecule has 0 aromatic rings. The first kappa shape index (κ1) is 11.6. The van der Waals surface area contributed by atoms with E-state index < -0.39 is 12.7 Å². The standard InChI is InChI=1S/C5H10Cl2O2SSi/c1-11(6,7)3-2-10-4-5(8)9/h2-4H2,1H3,(H,8,9). The molecular weight excluding hydrogens is 223 g/mol. The molecule has 0 spiro atoms. The zero-order valence-corrected chi connectivity index (χ0v) is 9.47. The zero-order valence-electron chi connectivity index (χ0n) is 6.14. The molecule has 0 aliphatic carbocycles. The second-order valence-electron chi connectivity index (χ2n) is 2.27. The van der Waals surface area contributed by atoms with Crippen molar-refractivity contribution in [3.8, 4) is 0 Å². The highest BCUT2D eigenvalue weighted by Gasteiger charge is 2.19. The molecule has 0 saturated heterocycles. The molecule has 0 unspecified atom stereocenters. The Morgan fingerprint density at radius 3 is 2.55 bits per heavy atom. The fourth-order valence-electron chi connectivity index (χ4n) is 0.411. The number of aliphatic carboxylic acids is 1. The quantitative estimate of drug-likeness (QED) is 0.450. The molecule has 0 aromatic carbocycles. The van der Waals surface area contributed by atoms with Crippen molar-refractivity contribution in [2.75, 3.05) is 11.5 Å². The Balaban J connectivity index is 3.22. The van der Waals surface area contributed by atoms with Gasteiger partial charge in [-0.15, -0.1) is 22.2 Å². The monoisotopic (exact) mass is 232 g/mol. The maximum absolute atomic E-state index is 10.0. The summed E-state index contributed by atoms with van der Waals surface area (Å²) in [5.74, 6) is 0.0859. The van der Waals surface area contributed by atoms with Gasteiger partial charge in [0.05, 0.1) is 5.75 Å². The highest BCUT2D eigenvalue weighted by Crippen LogP contribution is 2.21. The summed E-state index contributed by atoms with van der Waals surface area (Å²) in [6, 6.07) is 0.744. The van der Waals surface area contributed by atoms with Crippen LogP contribution in [0.4, 0.5) is 0 Å². The third-order valence-corrected chi connectivity index (χ3v) is 4.48. The summed E-state index contributed by atoms with van der Waals surface area (Å²) in [7, 11) is 0. The van der Waals surface area contributed by atoms with E-state index in [1.807, 2.05) is 6.55 Å². The average molecular weight is 233 g/mol. The SMILES string of the molecule is C[Si](Cl)(Cl)CCSCC(=O)O. The molecule has 0 heterocycles. The van der Waals surface area contributed by atoms with Gasteiger partial charge >= 0.3 is 5.97 Å². The lowest BCUT2D eigenvalue weighted by Gasteiger charge is -2.07. The van der Waals surface area contributed by atoms with Gasteiger partial charge in [0.25, 0.3) is 0 Å². The second-order valence-corrected chi connectivity index (χ2v) is 11.6. The van der Waals surface area contributed by atoms with Crippen LogP contribution < -0.4 is 0 Å². The smallest absolute Gasteiger partial charge is 0.313 e. The molecule has 0 amide bonds. The van der Waals surface area contributed by atoms with E-state index in [-0.39, 0.29) is 5.75 Å². The third kappa shape index (κ3) is 10.6. The average Bonchev–Trinajstić information content (AvgIpc) is 1.78. The lowest BCUT2D eigenvalue weighted by Crippen LogP contribution is -2.13. The van der Waals surface area contributed by atoms with Crippen LogP contribution in [0.1, 0.15) is 0 Å². The predicted octanol–water partition coefficient (Wildman–Crippen LogP) is 2.35. The number of carboxylic acids is 1. The van der Waals surface area contributed by atoms with E-state index >= 15 is 0 Å². The Bertz CT molecular complexity index is 137. The van der Waals surface area contributed by atoms with Crippen LogP contribution in [0, 0.1) is 0 Å². The molecule has 0 rings (SSSR count). The number of hydrogen-bond acceptors (Lipinski definition) is 2. The minimum Gasteiger partial charge on any atom is -0.481 e. The van der Waals surface area contributed by atoms with Gasteiger partial charge in [-0.25, -0.2) is 0 Å². The van der Waals surface area contributed by atoms with Gasteiger partial charge in [0, 0.05) is 0 Å². The minimum atomic E-state index is -2.00. The van der Waals surface area contributed by atoms with Crippen LogP contribution >= 0.6 is 33.9 Å². The molecule has 0 bridgehead atoms. The van der Waals surface area contributed by atoms with Crippen molar-refractivity contribution in [3.05, 3.63) is 0 Å². The van der Waals surface area contributed by atoms with Crippen LogP contribution in [0.25, 0.3) is 0 Å². The summed E-state index contributed by atoms with van der Waals surface area (Å²) in [6.45, 7) is -0.168. The molecule has 0 saturated carbocycles. The molecule has 0 fully saturated rings. The van der Waals surface area contributed by atoms with E-state index in [1.54, 1.807) is 0 Å². The van der Waals surface area contributed by atoms with Gasteiger partial charge in [-0.2, -0.15) is 11.8 Å². The first-order chi connectivity index (χ1) is 4.92. The molecule has 0 aliphatic heterocycles. The van der Waals surface area contributed by atoms with Crippen molar-refractivity contribution in [3.63, 3.8) is 0 Å². The number of hydrogen-bond donors (Lipinski definition) is 1. The van der Waals surface area contributed by atoms with Crippen molar-refractivity contribution in [2.24, 2.45) is 0 Å². The first-order valence-corrected chi connectivity index (χ1v) is 8.98. The van der Waals surface area contributed by atoms with Crippen LogP contribution in [-0.4, -0.2) is 29.3 Å². The van der Waals surface area contributed by atoms with Gasteiger partial charge in [0.1, 0.15) is 0 Å². The molecule has 6 heteroatoms. The van der Waals surface area contributed by atoms with Crippen molar-refractivity contribution in [1.29, 1.82) is 0 Å². The number of halogens is 2. The third-order valence-electron chi connectivity index (χ3n) is 0.911. The van der Waals surface area contributed by atoms with Gasteiger partial charge in [0.2, 0.25) is 6.69 Å². The molecule has 0 radical (unpaired) electrons. The van der Waals surface area contributed by atoms with E-state index in [0.717, 1.165) is 11.8 Å². The van der Waals surface area contributed by atoms with E-state index in [9.17, 15) is 4.79 Å². The van der Waals surface area contributed by atoms with Crippen molar-refractivity contribution in [2.45, 2.75) is 12.6 Å². The van der Waals surface area contributed by atoms with E-state index in [2.05, 4.69) is 0 Å². The Morgan fingerprint density at radius 1 is 1.64 bits per heavy atom. The van der Waals surface area contributed by atoms with Gasteiger partial charge in [0.15, 0.2) is 0 Å². The summed E-state index contributed by atoms with van der Waals surface area (Å²) < 4.78 is 0. The molecule has 0 aliphatic rings. The molecule has 0 aromatic heterocycles. The highest BCUT2D eigenvalue weighted by molar-refractivity contribution is 8.00. The molecule has 66 valence electrons. The van der Waals surface area contributed by atoms with Crippen LogP contribution in [0.15, 0.2) is 0 Å². The molecule has 1 N–H and O–H groups in total. The fraction of sp³-hybridized carbons (Fsp3) is 0.800. The Kier molecular flexibility index (Phi) is 5.59. The zero-order chi connectivity index (χ0) is 8.91. The first-order valence-electron chi connectivity index (χ1n) is 3.09. The topological polar surface area (TPSA) is 37.3 Å². The maximum Gasteiger partial charge on any atom is 0.313 e. The maximum atomic E-state index is 10.0. The van der Waals surface area contributed by atoms with E-state index in [1.165, 1.54) is 11.8 Å². The Labute approximate surface area is 80.7 Å². The van der Waals surface area contributed by atoms with Crippen LogP contribution in [0.3, 0.4) is 0 Å². The van der Waals surface area contributed by atoms with Crippen LogP contribution in [0.2, 0.25) is 12.6 Å². The van der Waals surface area contributed by atoms with Crippen LogP contribution in [-0.2, 0) is 4.79 Å². The number of carboxylic acid groups (broad SMARTS) is 1. The van der Waals surface area contributed by atoms with E-state index in [0.29, 0.717) is 0 Å². The minimum absolute atomic E-state index is 0.137. The van der Waals surface area contributed by atoms with Gasteiger partial charge in [-0.05, 0) is 18.3 Å². The van der Waals surface area contributed by atoms with Gasteiger partial charge < -0.3 is 5.11 Å². The predicted molar refractivity (Wildman–Crippen MR) is 53.1 cm³/mol. The van der Waals surface area contributed by atoms with E-state index in [4.69, 9.17) is 27.3 Å². The van der Waals surface area contributed by atoms with Crippen LogP contribution in [0.5, 0.6) is 0 Å². The summed E-state index contributed by atoms with van der Waals surface area (Å²) in [6.07, 6.45) is 0. The summed E-state index contributed by atoms with van der Waals surface area (Å²) in [5, 5.41) is 8.27. The molecule has 11 heavy (non-hydrogen) atoms. The normalized spacial score (nSPS) is 11.5. The fourth-order valence-corrected chi connectivity index (χ4v) is 4.13. The largest absolute Gasteiger partial charge is 0.481 e. The number of carbonyl (C=O) groups is 1.